The Labute approximate surface area is 440 Å². The molecule has 2 aromatic heterocycles. The number of fused-ring (bicyclic) bond motifs is 14. The molecule has 372 valence electrons. The summed E-state index contributed by atoms with van der Waals surface area (Å²) in [6, 6.07) is 37.7. The van der Waals surface area contributed by atoms with Crippen LogP contribution in [0.1, 0.15) is 186 Å². The molecular formula is C68H76BN3S. The first-order valence-corrected chi connectivity index (χ1v) is 28.9. The van der Waals surface area contributed by atoms with Crippen molar-refractivity contribution in [3.8, 4) is 5.69 Å². The third-order valence-electron chi connectivity index (χ3n) is 21.1. The normalized spacial score (nSPS) is 23.3. The van der Waals surface area contributed by atoms with Gasteiger partial charge < -0.3 is 14.4 Å². The molecule has 73 heavy (non-hydrogen) atoms. The van der Waals surface area contributed by atoms with Crippen LogP contribution in [-0.2, 0) is 32.5 Å². The van der Waals surface area contributed by atoms with Crippen LogP contribution in [0.25, 0.3) is 36.9 Å². The molecule has 3 nitrogen and oxygen atoms in total. The average molecular weight is 978 g/mol. The zero-order valence-corrected chi connectivity index (χ0v) is 47.5. The molecule has 3 aliphatic carbocycles. The van der Waals surface area contributed by atoms with Crippen molar-refractivity contribution in [3.63, 3.8) is 0 Å². The number of benzene rings is 6. The zero-order chi connectivity index (χ0) is 51.1. The molecule has 5 heterocycles. The first kappa shape index (κ1) is 46.3. The molecule has 0 N–H and O–H groups in total. The van der Waals surface area contributed by atoms with E-state index in [9.17, 15) is 0 Å². The highest BCUT2D eigenvalue weighted by molar-refractivity contribution is 7.26. The second kappa shape index (κ2) is 14.4. The van der Waals surface area contributed by atoms with Gasteiger partial charge in [-0.1, -0.05) is 151 Å². The van der Waals surface area contributed by atoms with Crippen molar-refractivity contribution in [1.82, 2.24) is 4.57 Å². The Morgan fingerprint density at radius 1 is 0.575 bits per heavy atom. The average Bonchev–Trinajstić information content (AvgIpc) is 3.94. The molecule has 0 amide bonds. The van der Waals surface area contributed by atoms with Crippen LogP contribution >= 0.6 is 11.3 Å². The van der Waals surface area contributed by atoms with E-state index < -0.39 is 0 Å². The molecule has 2 atom stereocenters. The third kappa shape index (κ3) is 5.85. The Morgan fingerprint density at radius 2 is 1.25 bits per heavy atom. The van der Waals surface area contributed by atoms with Crippen LogP contribution < -0.4 is 26.2 Å². The second-order valence-corrected chi connectivity index (χ2v) is 29.3. The topological polar surface area (TPSA) is 11.4 Å². The van der Waals surface area contributed by atoms with E-state index in [4.69, 9.17) is 0 Å². The summed E-state index contributed by atoms with van der Waals surface area (Å²) in [6.07, 6.45) is 9.67. The summed E-state index contributed by atoms with van der Waals surface area (Å²) in [7, 11) is 0. The van der Waals surface area contributed by atoms with Gasteiger partial charge in [-0.15, -0.1) is 11.3 Å². The molecule has 0 spiro atoms. The van der Waals surface area contributed by atoms with Crippen molar-refractivity contribution < 1.29 is 0 Å². The lowest BCUT2D eigenvalue weighted by Gasteiger charge is -2.52. The number of thiophene rings is 1. The van der Waals surface area contributed by atoms with Gasteiger partial charge in [0.05, 0.1) is 27.0 Å². The lowest BCUT2D eigenvalue weighted by atomic mass is 9.33. The summed E-state index contributed by atoms with van der Waals surface area (Å²) in [4.78, 5) is 5.72. The lowest BCUT2D eigenvalue weighted by Crippen LogP contribution is -2.64. The van der Waals surface area contributed by atoms with Crippen LogP contribution in [0.5, 0.6) is 0 Å². The van der Waals surface area contributed by atoms with Crippen LogP contribution in [0.4, 0.5) is 28.4 Å². The Bertz CT molecular complexity index is 3760. The number of nitrogens with zero attached hydrogens (tertiary/aromatic N) is 3. The number of rotatable bonds is 3. The van der Waals surface area contributed by atoms with E-state index >= 15 is 0 Å². The maximum atomic E-state index is 2.95. The van der Waals surface area contributed by atoms with Gasteiger partial charge in [-0.25, -0.2) is 0 Å². The highest BCUT2D eigenvalue weighted by Gasteiger charge is 2.61. The monoisotopic (exact) mass is 978 g/mol. The molecule has 2 unspecified atom stereocenters. The molecule has 8 aromatic rings. The van der Waals surface area contributed by atoms with Gasteiger partial charge in [0.2, 0.25) is 0 Å². The molecule has 1 saturated carbocycles. The van der Waals surface area contributed by atoms with Crippen LogP contribution in [0.3, 0.4) is 0 Å². The Morgan fingerprint density at radius 3 is 1.99 bits per heavy atom. The Hall–Kier alpha value is -5.26. The van der Waals surface area contributed by atoms with Crippen molar-refractivity contribution >= 4 is 94.1 Å². The molecule has 1 fully saturated rings. The van der Waals surface area contributed by atoms with Gasteiger partial charge in [0.25, 0.3) is 6.71 Å². The summed E-state index contributed by atoms with van der Waals surface area (Å²) in [6.45, 7) is 37.5. The minimum Gasteiger partial charge on any atom is -0.335 e. The third-order valence-corrected chi connectivity index (χ3v) is 22.3. The summed E-state index contributed by atoms with van der Waals surface area (Å²) in [5.74, 6) is 0. The number of hydrogen-bond acceptors (Lipinski definition) is 3. The Kier molecular flexibility index (Phi) is 9.11. The van der Waals surface area contributed by atoms with Gasteiger partial charge in [0, 0.05) is 49.3 Å². The van der Waals surface area contributed by atoms with E-state index in [1.807, 2.05) is 11.3 Å². The second-order valence-electron chi connectivity index (χ2n) is 28.2. The fourth-order valence-corrected chi connectivity index (χ4v) is 17.6. The first-order chi connectivity index (χ1) is 34.4. The first-order valence-electron chi connectivity index (χ1n) is 28.1. The van der Waals surface area contributed by atoms with E-state index in [2.05, 4.69) is 209 Å². The van der Waals surface area contributed by atoms with Crippen molar-refractivity contribution in [2.75, 3.05) is 9.80 Å². The minimum atomic E-state index is -0.0927. The SMILES string of the molecule is Cc1cc2c(cc1N(c1cc3c4c(c1)-n1c5c(cc(C(C)(C)C)cc5c5sc6ccccc6c51)B4c1cccc4c1N3C1(C)CCCCC41C)c1ccc3c(c1C)C(C)(C)CCC3(C)C)C(C)(C)CCC2(C)C. The number of aromatic nitrogens is 1. The van der Waals surface area contributed by atoms with Gasteiger partial charge in [0.15, 0.2) is 0 Å². The van der Waals surface area contributed by atoms with Crippen LogP contribution in [0.15, 0.2) is 91.0 Å². The highest BCUT2D eigenvalue weighted by Crippen LogP contribution is 2.63. The van der Waals surface area contributed by atoms with Crippen molar-refractivity contribution in [2.24, 2.45) is 0 Å². The zero-order valence-electron chi connectivity index (χ0n) is 46.6. The van der Waals surface area contributed by atoms with Gasteiger partial charge >= 0.3 is 0 Å². The summed E-state index contributed by atoms with van der Waals surface area (Å²) in [5, 5.41) is 2.76. The maximum absolute atomic E-state index is 2.95. The van der Waals surface area contributed by atoms with Crippen LogP contribution in [-0.4, -0.2) is 16.8 Å². The van der Waals surface area contributed by atoms with E-state index in [0.29, 0.717) is 0 Å². The molecule has 6 aliphatic rings. The van der Waals surface area contributed by atoms with Crippen molar-refractivity contribution in [3.05, 3.63) is 136 Å². The number of para-hydroxylation sites is 1. The van der Waals surface area contributed by atoms with Crippen LogP contribution in [0.2, 0.25) is 0 Å². The molecule has 6 aromatic carbocycles. The number of aryl methyl sites for hydroxylation is 1. The van der Waals surface area contributed by atoms with E-state index in [1.54, 1.807) is 11.1 Å². The summed E-state index contributed by atoms with van der Waals surface area (Å²) in [5.41, 5.74) is 27.4. The summed E-state index contributed by atoms with van der Waals surface area (Å²) >= 11 is 1.99. The highest BCUT2D eigenvalue weighted by atomic mass is 32.1. The molecule has 0 bridgehead atoms. The lowest BCUT2D eigenvalue weighted by molar-refractivity contribution is 0.195. The number of hydrogen-bond donors (Lipinski definition) is 0. The minimum absolute atomic E-state index is 0.0162. The van der Waals surface area contributed by atoms with E-state index in [0.717, 1.165) is 0 Å². The van der Waals surface area contributed by atoms with Gasteiger partial charge in [-0.05, 0) is 184 Å². The maximum Gasteiger partial charge on any atom is 0.252 e. The summed E-state index contributed by atoms with van der Waals surface area (Å²) < 4.78 is 5.56. The van der Waals surface area contributed by atoms with E-state index in [-0.39, 0.29) is 44.7 Å². The standard InChI is InChI=1S/C68H76BN3S/c1-39-33-47-48(65(10,11)30-29-64(47,8)9)38-52(39)70(51-26-25-45-56(40(51)2)66(12,13)32-31-63(45,6)7)42-36-53-57-54(37-42)72-60-46(67(14)27-18-19-28-68(67,72)15)22-20-23-49(60)69(57)50-35-41(62(3,4)5)34-44-58(50)71(53)59-43-21-16-17-24-55(43)73-61(44)59/h16-17,20-26,33-38H,18-19,27-32H2,1-15H3. The predicted molar refractivity (Wildman–Crippen MR) is 317 cm³/mol. The van der Waals surface area contributed by atoms with Crippen LogP contribution in [0, 0.1) is 13.8 Å². The quantitative estimate of drug-likeness (QED) is 0.163. The van der Waals surface area contributed by atoms with Gasteiger partial charge in [-0.3, -0.25) is 0 Å². The fourth-order valence-electron chi connectivity index (χ4n) is 16.4. The molecule has 14 rings (SSSR count). The largest absolute Gasteiger partial charge is 0.335 e. The van der Waals surface area contributed by atoms with E-state index in [1.165, 1.54) is 166 Å². The molecular weight excluding hydrogens is 902 g/mol. The van der Waals surface area contributed by atoms with Crippen molar-refractivity contribution in [2.45, 2.75) is 193 Å². The van der Waals surface area contributed by atoms with Crippen molar-refractivity contribution in [1.29, 1.82) is 0 Å². The number of anilines is 5. The van der Waals surface area contributed by atoms with Gasteiger partial charge in [-0.2, -0.15) is 0 Å². The molecule has 0 radical (unpaired) electrons. The predicted octanol–water partition coefficient (Wildman–Crippen LogP) is 17.0. The fraction of sp³-hybridized carbons (Fsp3) is 0.441. The smallest absolute Gasteiger partial charge is 0.252 e. The molecule has 3 aliphatic heterocycles. The Balaban J connectivity index is 1.17. The molecule has 0 saturated heterocycles. The molecule has 5 heteroatoms. The van der Waals surface area contributed by atoms with Gasteiger partial charge in [0.1, 0.15) is 0 Å².